The number of hydrogen-bond donors (Lipinski definition) is 0. The summed E-state index contributed by atoms with van der Waals surface area (Å²) in [5.74, 6) is -1.51. The average Bonchev–Trinajstić information content (AvgIpc) is 2.35. The molecule has 0 aromatic heterocycles. The molecule has 6 heteroatoms. The van der Waals surface area contributed by atoms with E-state index in [4.69, 9.17) is 0 Å². The number of ketones is 1. The lowest BCUT2D eigenvalue weighted by molar-refractivity contribution is -0.152. The summed E-state index contributed by atoms with van der Waals surface area (Å²) in [6, 6.07) is 4.37. The van der Waals surface area contributed by atoms with Gasteiger partial charge < -0.3 is 0 Å². The highest BCUT2D eigenvalue weighted by atomic mass is 127. The maximum Gasteiger partial charge on any atom is 0.229 e. The van der Waals surface area contributed by atoms with Gasteiger partial charge in [0.2, 0.25) is 11.8 Å². The van der Waals surface area contributed by atoms with Gasteiger partial charge in [-0.2, -0.15) is 0 Å². The van der Waals surface area contributed by atoms with Crippen molar-refractivity contribution in [2.75, 3.05) is 6.54 Å². The summed E-state index contributed by atoms with van der Waals surface area (Å²) in [6.07, 6.45) is 0.505. The molecule has 2 amide bonds. The maximum absolute atomic E-state index is 13.7. The Kier molecular flexibility index (Phi) is 4.99. The van der Waals surface area contributed by atoms with Crippen molar-refractivity contribution in [3.8, 4) is 0 Å². The topological polar surface area (TPSA) is 54.5 Å². The predicted octanol–water partition coefficient (Wildman–Crippen LogP) is 3.18. The van der Waals surface area contributed by atoms with E-state index in [0.717, 1.165) is 4.90 Å². The molecule has 0 bridgehead atoms. The monoisotopic (exact) mass is 417 g/mol. The van der Waals surface area contributed by atoms with Gasteiger partial charge in [0, 0.05) is 29.4 Å². The summed E-state index contributed by atoms with van der Waals surface area (Å²) >= 11 is 1.96. The van der Waals surface area contributed by atoms with Crippen LogP contribution in [0, 0.1) is 14.8 Å². The number of likely N-dealkylation sites (tertiary alicyclic amines) is 1. The number of hydrogen-bond acceptors (Lipinski definition) is 3. The first-order valence-electron chi connectivity index (χ1n) is 7.01. The molecular weight excluding hydrogens is 400 g/mol. The molecule has 1 aliphatic heterocycles. The molecule has 1 aromatic rings. The van der Waals surface area contributed by atoms with Gasteiger partial charge in [0.05, 0.1) is 5.56 Å². The van der Waals surface area contributed by atoms with Crippen LogP contribution in [0.15, 0.2) is 18.2 Å². The second-order valence-electron chi connectivity index (χ2n) is 6.25. The molecule has 118 valence electrons. The third-order valence-electron chi connectivity index (χ3n) is 3.66. The van der Waals surface area contributed by atoms with Gasteiger partial charge in [-0.25, -0.2) is 4.39 Å². The minimum atomic E-state index is -0.575. The third kappa shape index (κ3) is 3.91. The van der Waals surface area contributed by atoms with Crippen LogP contribution in [0.4, 0.5) is 4.39 Å². The third-order valence-corrected chi connectivity index (χ3v) is 4.33. The molecule has 1 aliphatic rings. The largest absolute Gasteiger partial charge is 0.294 e. The first-order chi connectivity index (χ1) is 10.2. The van der Waals surface area contributed by atoms with E-state index in [1.165, 1.54) is 12.1 Å². The van der Waals surface area contributed by atoms with Crippen molar-refractivity contribution in [1.29, 1.82) is 0 Å². The number of Topliss-reactive ketones (excluding diaryl/α,β-unsaturated/α-hetero) is 1. The van der Waals surface area contributed by atoms with Gasteiger partial charge in [-0.05, 0) is 46.2 Å². The Morgan fingerprint density at radius 1 is 1.27 bits per heavy atom. The first kappa shape index (κ1) is 17.1. The number of carbonyl (C=O) groups excluding carboxylic acids is 3. The minimum absolute atomic E-state index is 0.00217. The number of benzene rings is 1. The van der Waals surface area contributed by atoms with E-state index in [2.05, 4.69) is 0 Å². The molecule has 0 N–H and O–H groups in total. The quantitative estimate of drug-likeness (QED) is 0.430. The Morgan fingerprint density at radius 2 is 1.86 bits per heavy atom. The molecule has 0 aliphatic carbocycles. The molecule has 1 heterocycles. The van der Waals surface area contributed by atoms with Crippen LogP contribution >= 0.6 is 22.6 Å². The van der Waals surface area contributed by atoms with Crippen LogP contribution in [-0.4, -0.2) is 29.0 Å². The van der Waals surface area contributed by atoms with E-state index in [1.54, 1.807) is 6.07 Å². The fourth-order valence-electron chi connectivity index (χ4n) is 2.52. The van der Waals surface area contributed by atoms with Crippen LogP contribution in [0.2, 0.25) is 0 Å². The molecule has 22 heavy (non-hydrogen) atoms. The van der Waals surface area contributed by atoms with Crippen LogP contribution in [0.5, 0.6) is 0 Å². The molecule has 1 aromatic carbocycles. The van der Waals surface area contributed by atoms with Crippen LogP contribution in [0.3, 0.4) is 0 Å². The summed E-state index contributed by atoms with van der Waals surface area (Å²) in [7, 11) is 0. The molecule has 1 saturated heterocycles. The molecule has 1 fully saturated rings. The zero-order valence-corrected chi connectivity index (χ0v) is 14.6. The van der Waals surface area contributed by atoms with Gasteiger partial charge in [-0.3, -0.25) is 19.3 Å². The lowest BCUT2D eigenvalue weighted by atomic mass is 9.81. The van der Waals surface area contributed by atoms with Gasteiger partial charge in [-0.15, -0.1) is 0 Å². The Bertz CT molecular complexity index is 622. The van der Waals surface area contributed by atoms with E-state index in [-0.39, 0.29) is 48.6 Å². The lowest BCUT2D eigenvalue weighted by Gasteiger charge is -2.34. The predicted molar refractivity (Wildman–Crippen MR) is 87.8 cm³/mol. The summed E-state index contributed by atoms with van der Waals surface area (Å²) in [4.78, 5) is 37.2. The molecule has 0 saturated carbocycles. The van der Waals surface area contributed by atoms with Gasteiger partial charge in [-0.1, -0.05) is 13.8 Å². The normalized spacial score (nSPS) is 17.7. The Morgan fingerprint density at radius 3 is 2.41 bits per heavy atom. The number of amides is 2. The fourth-order valence-corrected chi connectivity index (χ4v) is 2.98. The zero-order chi connectivity index (χ0) is 16.5. The van der Waals surface area contributed by atoms with Crippen LogP contribution in [0.1, 0.15) is 43.5 Å². The van der Waals surface area contributed by atoms with Gasteiger partial charge in [0.25, 0.3) is 0 Å². The fraction of sp³-hybridized carbons (Fsp3) is 0.438. The van der Waals surface area contributed by atoms with Crippen molar-refractivity contribution in [3.63, 3.8) is 0 Å². The molecule has 4 nitrogen and oxygen atoms in total. The smallest absolute Gasteiger partial charge is 0.229 e. The summed E-state index contributed by atoms with van der Waals surface area (Å²) in [5.41, 5.74) is -0.339. The Balaban J connectivity index is 2.02. The van der Waals surface area contributed by atoms with Crippen molar-refractivity contribution in [2.45, 2.75) is 33.1 Å². The molecule has 0 atom stereocenters. The van der Waals surface area contributed by atoms with E-state index in [9.17, 15) is 18.8 Å². The number of piperidine rings is 1. The molecule has 0 spiro atoms. The standard InChI is InChI=1S/C16H17FINO3/c1-16(2)8-14(21)19(15(22)9-16)6-5-13(20)11-4-3-10(18)7-12(11)17/h3-4,7H,5-6,8-9H2,1-2H3. The minimum Gasteiger partial charge on any atom is -0.294 e. The SMILES string of the molecule is CC1(C)CC(=O)N(CCC(=O)c2ccc(I)cc2F)C(=O)C1. The zero-order valence-electron chi connectivity index (χ0n) is 12.5. The molecule has 2 rings (SSSR count). The molecule has 0 radical (unpaired) electrons. The number of halogens is 2. The second-order valence-corrected chi connectivity index (χ2v) is 7.50. The molecular formula is C16H17FINO3. The van der Waals surface area contributed by atoms with Gasteiger partial charge >= 0.3 is 0 Å². The first-order valence-corrected chi connectivity index (χ1v) is 8.09. The van der Waals surface area contributed by atoms with E-state index < -0.39 is 11.6 Å². The summed E-state index contributed by atoms with van der Waals surface area (Å²) in [6.45, 7) is 3.75. The highest BCUT2D eigenvalue weighted by Gasteiger charge is 2.37. The number of nitrogens with zero attached hydrogens (tertiary/aromatic N) is 1. The van der Waals surface area contributed by atoms with Crippen LogP contribution in [0.25, 0.3) is 0 Å². The van der Waals surface area contributed by atoms with E-state index >= 15 is 0 Å². The summed E-state index contributed by atoms with van der Waals surface area (Å²) < 4.78 is 14.5. The van der Waals surface area contributed by atoms with Crippen molar-refractivity contribution in [1.82, 2.24) is 4.90 Å². The van der Waals surface area contributed by atoms with Crippen molar-refractivity contribution < 1.29 is 18.8 Å². The number of carbonyl (C=O) groups is 3. The Hall–Kier alpha value is -1.31. The van der Waals surface area contributed by atoms with E-state index in [1.807, 2.05) is 36.4 Å². The van der Waals surface area contributed by atoms with Crippen molar-refractivity contribution in [3.05, 3.63) is 33.1 Å². The average molecular weight is 417 g/mol. The van der Waals surface area contributed by atoms with Crippen molar-refractivity contribution in [2.24, 2.45) is 5.41 Å². The van der Waals surface area contributed by atoms with Gasteiger partial charge in [0.15, 0.2) is 5.78 Å². The second kappa shape index (κ2) is 6.44. The van der Waals surface area contributed by atoms with Crippen LogP contribution < -0.4 is 0 Å². The lowest BCUT2D eigenvalue weighted by Crippen LogP contribution is -2.46. The molecule has 0 unspecified atom stereocenters. The van der Waals surface area contributed by atoms with E-state index in [0.29, 0.717) is 3.57 Å². The van der Waals surface area contributed by atoms with Gasteiger partial charge in [0.1, 0.15) is 5.82 Å². The maximum atomic E-state index is 13.7. The number of imide groups is 1. The van der Waals surface area contributed by atoms with Crippen LogP contribution in [-0.2, 0) is 9.59 Å². The van der Waals surface area contributed by atoms with Crippen molar-refractivity contribution >= 4 is 40.2 Å². The number of rotatable bonds is 4. The highest BCUT2D eigenvalue weighted by molar-refractivity contribution is 14.1. The Labute approximate surface area is 142 Å². The highest BCUT2D eigenvalue weighted by Crippen LogP contribution is 2.31. The summed E-state index contributed by atoms with van der Waals surface area (Å²) in [5, 5.41) is 0.